The normalized spacial score (nSPS) is 56.6. The van der Waals surface area contributed by atoms with E-state index in [1.54, 1.807) is 5.57 Å². The molecule has 0 amide bonds. The van der Waals surface area contributed by atoms with Gasteiger partial charge < -0.3 is 14.9 Å². The standard InChI is InChI=1S/C25H40O3/c1-15-8-9-25-16(2)6-7-17(25)20-22(3,12-18(15)25)10-11-23(20,4)13-19(26)21(27)24(5)14-28-24/h12,15-17,19-21,26-27H,6-11,13-14H2,1-5H3/t15-,16-,17-,19?,20-,21?,22+,23+,24?,25-/m0/s1. The van der Waals surface area contributed by atoms with Crippen LogP contribution in [0.15, 0.2) is 11.6 Å². The van der Waals surface area contributed by atoms with Gasteiger partial charge in [-0.25, -0.2) is 0 Å². The van der Waals surface area contributed by atoms with E-state index in [2.05, 4.69) is 33.8 Å². The zero-order valence-electron chi connectivity index (χ0n) is 18.5. The Bertz CT molecular complexity index is 696. The Labute approximate surface area is 170 Å². The predicted octanol–water partition coefficient (Wildman–Crippen LogP) is 4.71. The molecule has 5 rings (SSSR count). The minimum atomic E-state index is -0.770. The van der Waals surface area contributed by atoms with Gasteiger partial charge in [0.1, 0.15) is 11.7 Å². The first-order chi connectivity index (χ1) is 13.1. The molecule has 1 aliphatic heterocycles. The third-order valence-electron chi connectivity index (χ3n) is 10.4. The monoisotopic (exact) mass is 388 g/mol. The molecule has 2 N–H and O–H groups in total. The quantitative estimate of drug-likeness (QED) is 0.541. The van der Waals surface area contributed by atoms with Gasteiger partial charge in [0, 0.05) is 0 Å². The number of allylic oxidation sites excluding steroid dienone is 2. The van der Waals surface area contributed by atoms with Gasteiger partial charge in [0.05, 0.1) is 12.7 Å². The maximum atomic E-state index is 11.0. The van der Waals surface area contributed by atoms with Gasteiger partial charge in [-0.3, -0.25) is 0 Å². The number of fused-ring (bicyclic) bond motifs is 2. The van der Waals surface area contributed by atoms with Crippen molar-refractivity contribution in [2.45, 2.75) is 97.4 Å². The molecule has 0 aromatic rings. The van der Waals surface area contributed by atoms with Crippen molar-refractivity contribution in [1.82, 2.24) is 0 Å². The molecular formula is C25H40O3. The summed E-state index contributed by atoms with van der Waals surface area (Å²) in [5.41, 5.74) is 2.04. The van der Waals surface area contributed by atoms with Crippen molar-refractivity contribution in [3.63, 3.8) is 0 Å². The fraction of sp³-hybridized carbons (Fsp3) is 0.920. The van der Waals surface area contributed by atoms with Crippen LogP contribution in [0, 0.1) is 39.9 Å². The molecule has 1 spiro atoms. The Morgan fingerprint density at radius 3 is 2.46 bits per heavy atom. The van der Waals surface area contributed by atoms with E-state index in [1.165, 1.54) is 32.1 Å². The predicted molar refractivity (Wildman–Crippen MR) is 111 cm³/mol. The van der Waals surface area contributed by atoms with E-state index in [0.717, 1.165) is 24.2 Å². The van der Waals surface area contributed by atoms with E-state index >= 15 is 0 Å². The zero-order chi connectivity index (χ0) is 20.1. The first-order valence-corrected chi connectivity index (χ1v) is 11.8. The van der Waals surface area contributed by atoms with E-state index in [9.17, 15) is 10.2 Å². The number of hydrogen-bond donors (Lipinski definition) is 2. The van der Waals surface area contributed by atoms with Gasteiger partial charge in [-0.2, -0.15) is 0 Å². The van der Waals surface area contributed by atoms with Crippen molar-refractivity contribution in [1.29, 1.82) is 0 Å². The van der Waals surface area contributed by atoms with Crippen molar-refractivity contribution < 1.29 is 14.9 Å². The highest BCUT2D eigenvalue weighted by Crippen LogP contribution is 2.74. The molecule has 10 atom stereocenters. The highest BCUT2D eigenvalue weighted by molar-refractivity contribution is 5.36. The highest BCUT2D eigenvalue weighted by atomic mass is 16.6. The van der Waals surface area contributed by atoms with Crippen LogP contribution in [0.2, 0.25) is 0 Å². The summed E-state index contributed by atoms with van der Waals surface area (Å²) in [7, 11) is 0. The SMILES string of the molecule is C[C@H]1CC[C@@]23C1=C[C@@]1(C)CC[C@](C)(CC(O)C(O)C4(C)CO4)[C@H]1[C@@H]2CC[C@@H]3C. The molecule has 0 bridgehead atoms. The molecule has 4 aliphatic carbocycles. The number of ether oxygens (including phenoxy) is 1. The lowest BCUT2D eigenvalue weighted by Crippen LogP contribution is -2.50. The summed E-state index contributed by atoms with van der Waals surface area (Å²) in [5, 5.41) is 21.6. The minimum Gasteiger partial charge on any atom is -0.390 e. The molecule has 0 aromatic carbocycles. The summed E-state index contributed by atoms with van der Waals surface area (Å²) in [5.74, 6) is 2.90. The Morgan fingerprint density at radius 2 is 1.79 bits per heavy atom. The molecule has 1 heterocycles. The van der Waals surface area contributed by atoms with Crippen LogP contribution in [-0.4, -0.2) is 34.6 Å². The molecule has 0 aromatic heterocycles. The van der Waals surface area contributed by atoms with Crippen LogP contribution in [0.1, 0.15) is 79.6 Å². The van der Waals surface area contributed by atoms with Gasteiger partial charge in [0.15, 0.2) is 0 Å². The summed E-state index contributed by atoms with van der Waals surface area (Å²) in [6.07, 6.45) is 9.77. The molecule has 158 valence electrons. The van der Waals surface area contributed by atoms with Crippen molar-refractivity contribution in [2.75, 3.05) is 6.61 Å². The highest BCUT2D eigenvalue weighted by Gasteiger charge is 2.67. The smallest absolute Gasteiger partial charge is 0.117 e. The first-order valence-electron chi connectivity index (χ1n) is 11.8. The topological polar surface area (TPSA) is 53.0 Å². The molecule has 3 saturated carbocycles. The van der Waals surface area contributed by atoms with Crippen LogP contribution in [0.4, 0.5) is 0 Å². The Morgan fingerprint density at radius 1 is 1.07 bits per heavy atom. The van der Waals surface area contributed by atoms with E-state index in [0.29, 0.717) is 24.4 Å². The molecule has 28 heavy (non-hydrogen) atoms. The molecule has 3 nitrogen and oxygen atoms in total. The molecule has 3 unspecified atom stereocenters. The van der Waals surface area contributed by atoms with Crippen LogP contribution >= 0.6 is 0 Å². The number of hydrogen-bond acceptors (Lipinski definition) is 3. The maximum absolute atomic E-state index is 11.0. The van der Waals surface area contributed by atoms with Gasteiger partial charge >= 0.3 is 0 Å². The average molecular weight is 389 g/mol. The summed E-state index contributed by atoms with van der Waals surface area (Å²) in [6.45, 7) is 12.4. The lowest BCUT2D eigenvalue weighted by molar-refractivity contribution is -0.0688. The fourth-order valence-electron chi connectivity index (χ4n) is 8.83. The molecule has 1 saturated heterocycles. The van der Waals surface area contributed by atoms with Crippen LogP contribution in [0.25, 0.3) is 0 Å². The second-order valence-electron chi connectivity index (χ2n) is 12.1. The zero-order valence-corrected chi connectivity index (χ0v) is 18.5. The van der Waals surface area contributed by atoms with Gasteiger partial charge in [-0.1, -0.05) is 39.3 Å². The van der Waals surface area contributed by atoms with Gasteiger partial charge in [-0.15, -0.1) is 0 Å². The number of aliphatic hydroxyl groups is 2. The van der Waals surface area contributed by atoms with Crippen molar-refractivity contribution in [3.05, 3.63) is 11.6 Å². The van der Waals surface area contributed by atoms with Crippen LogP contribution < -0.4 is 0 Å². The van der Waals surface area contributed by atoms with E-state index in [-0.39, 0.29) is 10.8 Å². The summed E-state index contributed by atoms with van der Waals surface area (Å²) in [4.78, 5) is 0. The number of rotatable bonds is 4. The fourth-order valence-corrected chi connectivity index (χ4v) is 8.83. The second-order valence-corrected chi connectivity index (χ2v) is 12.1. The lowest BCUT2D eigenvalue weighted by Gasteiger charge is -2.54. The molecular weight excluding hydrogens is 348 g/mol. The number of epoxide rings is 1. The Balaban J connectivity index is 1.50. The summed E-state index contributed by atoms with van der Waals surface area (Å²) < 4.78 is 5.43. The van der Waals surface area contributed by atoms with Crippen molar-refractivity contribution in [2.24, 2.45) is 39.9 Å². The third-order valence-corrected chi connectivity index (χ3v) is 10.4. The Kier molecular flexibility index (Phi) is 4.09. The van der Waals surface area contributed by atoms with E-state index < -0.39 is 17.8 Å². The van der Waals surface area contributed by atoms with Gasteiger partial charge in [0.25, 0.3) is 0 Å². The number of aliphatic hydroxyl groups excluding tert-OH is 2. The lowest BCUT2D eigenvalue weighted by atomic mass is 9.50. The third kappa shape index (κ3) is 2.39. The van der Waals surface area contributed by atoms with Crippen molar-refractivity contribution in [3.8, 4) is 0 Å². The minimum absolute atomic E-state index is 0.0932. The van der Waals surface area contributed by atoms with E-state index in [4.69, 9.17) is 4.74 Å². The molecule has 4 fully saturated rings. The molecule has 0 radical (unpaired) electrons. The second kappa shape index (κ2) is 5.86. The average Bonchev–Trinajstić information content (AvgIpc) is 3.08. The van der Waals surface area contributed by atoms with Crippen LogP contribution in [-0.2, 0) is 4.74 Å². The maximum Gasteiger partial charge on any atom is 0.117 e. The molecule has 5 aliphatic rings. The van der Waals surface area contributed by atoms with Gasteiger partial charge in [-0.05, 0) is 91.8 Å². The van der Waals surface area contributed by atoms with Crippen molar-refractivity contribution >= 4 is 0 Å². The molecule has 3 heteroatoms. The van der Waals surface area contributed by atoms with Gasteiger partial charge in [0.2, 0.25) is 0 Å². The Hall–Kier alpha value is -0.380. The van der Waals surface area contributed by atoms with Crippen LogP contribution in [0.3, 0.4) is 0 Å². The largest absolute Gasteiger partial charge is 0.390 e. The first kappa shape index (κ1) is 19.6. The summed E-state index contributed by atoms with van der Waals surface area (Å²) in [6, 6.07) is 0. The summed E-state index contributed by atoms with van der Waals surface area (Å²) >= 11 is 0. The van der Waals surface area contributed by atoms with Crippen LogP contribution in [0.5, 0.6) is 0 Å². The van der Waals surface area contributed by atoms with E-state index in [1.807, 2.05) is 6.92 Å².